The second-order valence-corrected chi connectivity index (χ2v) is 7.12. The maximum atomic E-state index is 12.8. The van der Waals surface area contributed by atoms with E-state index in [9.17, 15) is 4.79 Å². The van der Waals surface area contributed by atoms with E-state index in [1.54, 1.807) is 6.20 Å². The topological polar surface area (TPSA) is 58.1 Å². The van der Waals surface area contributed by atoms with Crippen LogP contribution in [-0.2, 0) is 0 Å². The van der Waals surface area contributed by atoms with Crippen molar-refractivity contribution in [3.63, 3.8) is 0 Å². The third kappa shape index (κ3) is 4.03. The van der Waals surface area contributed by atoms with Gasteiger partial charge < -0.3 is 10.2 Å². The van der Waals surface area contributed by atoms with E-state index in [0.717, 1.165) is 37.2 Å². The summed E-state index contributed by atoms with van der Waals surface area (Å²) in [5, 5.41) is 3.05. The monoisotopic (exact) mass is 352 g/mol. The summed E-state index contributed by atoms with van der Waals surface area (Å²) in [4.78, 5) is 24.4. The van der Waals surface area contributed by atoms with Gasteiger partial charge in [0.05, 0.1) is 0 Å². The summed E-state index contributed by atoms with van der Waals surface area (Å²) >= 11 is 0. The number of hydrogen-bond acceptors (Lipinski definition) is 4. The van der Waals surface area contributed by atoms with Gasteiger partial charge in [0, 0.05) is 30.4 Å². The molecule has 1 aromatic heterocycles. The van der Waals surface area contributed by atoms with Gasteiger partial charge in [-0.25, -0.2) is 9.97 Å². The summed E-state index contributed by atoms with van der Waals surface area (Å²) < 4.78 is 0. The summed E-state index contributed by atoms with van der Waals surface area (Å²) in [7, 11) is 0. The SMILES string of the molecule is CC[C@H](C)NC(=O)c1cnc(-c2ccccc2)nc1N1CCCC[C@H]1C. The molecule has 1 aliphatic rings. The van der Waals surface area contributed by atoms with E-state index in [1.165, 1.54) is 6.42 Å². The number of nitrogens with zero attached hydrogens (tertiary/aromatic N) is 3. The average molecular weight is 352 g/mol. The molecule has 1 aromatic carbocycles. The van der Waals surface area contributed by atoms with Crippen LogP contribution in [-0.4, -0.2) is 34.5 Å². The molecule has 0 radical (unpaired) electrons. The van der Waals surface area contributed by atoms with E-state index in [1.807, 2.05) is 37.3 Å². The van der Waals surface area contributed by atoms with Crippen molar-refractivity contribution in [2.24, 2.45) is 0 Å². The molecule has 2 atom stereocenters. The second kappa shape index (κ2) is 8.30. The van der Waals surface area contributed by atoms with E-state index in [2.05, 4.69) is 29.0 Å². The molecule has 138 valence electrons. The van der Waals surface area contributed by atoms with Gasteiger partial charge in [-0.1, -0.05) is 37.3 Å². The van der Waals surface area contributed by atoms with E-state index in [-0.39, 0.29) is 11.9 Å². The molecule has 5 heteroatoms. The predicted molar refractivity (Wildman–Crippen MR) is 105 cm³/mol. The standard InChI is InChI=1S/C21H28N4O/c1-4-15(2)23-21(26)18-14-22-19(17-11-6-5-7-12-17)24-20(18)25-13-9-8-10-16(25)3/h5-7,11-12,14-16H,4,8-10,13H2,1-3H3,(H,23,26)/t15-,16+/m0/s1. The van der Waals surface area contributed by atoms with Gasteiger partial charge in [0.2, 0.25) is 0 Å². The first-order valence-electron chi connectivity index (χ1n) is 9.60. The van der Waals surface area contributed by atoms with Crippen LogP contribution in [0.3, 0.4) is 0 Å². The number of hydrogen-bond donors (Lipinski definition) is 1. The molecule has 1 saturated heterocycles. The van der Waals surface area contributed by atoms with Crippen molar-refractivity contribution in [3.05, 3.63) is 42.1 Å². The zero-order valence-corrected chi connectivity index (χ0v) is 15.9. The van der Waals surface area contributed by atoms with Crippen LogP contribution in [0.5, 0.6) is 0 Å². The molecule has 2 heterocycles. The number of nitrogens with one attached hydrogen (secondary N) is 1. The van der Waals surface area contributed by atoms with Crippen LogP contribution in [0.4, 0.5) is 5.82 Å². The van der Waals surface area contributed by atoms with E-state index < -0.39 is 0 Å². The van der Waals surface area contributed by atoms with Crippen molar-refractivity contribution in [1.29, 1.82) is 0 Å². The Bertz CT molecular complexity index is 747. The van der Waals surface area contributed by atoms with Crippen molar-refractivity contribution >= 4 is 11.7 Å². The molecule has 26 heavy (non-hydrogen) atoms. The highest BCUT2D eigenvalue weighted by Crippen LogP contribution is 2.28. The molecule has 2 aromatic rings. The lowest BCUT2D eigenvalue weighted by Crippen LogP contribution is -2.40. The maximum absolute atomic E-state index is 12.8. The van der Waals surface area contributed by atoms with Gasteiger partial charge in [0.25, 0.3) is 5.91 Å². The number of carbonyl (C=O) groups is 1. The molecule has 1 aliphatic heterocycles. The molecular formula is C21H28N4O. The van der Waals surface area contributed by atoms with Gasteiger partial charge in [-0.15, -0.1) is 0 Å². The molecule has 1 amide bonds. The Kier molecular flexibility index (Phi) is 5.86. The second-order valence-electron chi connectivity index (χ2n) is 7.12. The lowest BCUT2D eigenvalue weighted by atomic mass is 10.0. The van der Waals surface area contributed by atoms with E-state index in [0.29, 0.717) is 17.4 Å². The first kappa shape index (κ1) is 18.4. The predicted octanol–water partition coefficient (Wildman–Crippen LogP) is 4.05. The molecule has 0 bridgehead atoms. The number of anilines is 1. The van der Waals surface area contributed by atoms with Crippen molar-refractivity contribution in [3.8, 4) is 11.4 Å². The Morgan fingerprint density at radius 3 is 2.77 bits per heavy atom. The first-order chi connectivity index (χ1) is 12.6. The summed E-state index contributed by atoms with van der Waals surface area (Å²) in [6.45, 7) is 7.21. The lowest BCUT2D eigenvalue weighted by molar-refractivity contribution is 0.0939. The van der Waals surface area contributed by atoms with Crippen LogP contribution in [0.25, 0.3) is 11.4 Å². The third-order valence-corrected chi connectivity index (χ3v) is 5.11. The van der Waals surface area contributed by atoms with Crippen molar-refractivity contribution in [2.45, 2.75) is 58.5 Å². The number of aromatic nitrogens is 2. The Balaban J connectivity index is 2.01. The molecular weight excluding hydrogens is 324 g/mol. The zero-order chi connectivity index (χ0) is 18.5. The van der Waals surface area contributed by atoms with Crippen molar-refractivity contribution in [2.75, 3.05) is 11.4 Å². The molecule has 0 unspecified atom stereocenters. The molecule has 3 rings (SSSR count). The first-order valence-corrected chi connectivity index (χ1v) is 9.60. The number of piperidine rings is 1. The van der Waals surface area contributed by atoms with Gasteiger partial charge >= 0.3 is 0 Å². The Hall–Kier alpha value is -2.43. The highest BCUT2D eigenvalue weighted by atomic mass is 16.1. The minimum absolute atomic E-state index is 0.0910. The third-order valence-electron chi connectivity index (χ3n) is 5.11. The number of benzene rings is 1. The summed E-state index contributed by atoms with van der Waals surface area (Å²) in [6, 6.07) is 10.4. The lowest BCUT2D eigenvalue weighted by Gasteiger charge is -2.35. The van der Waals surface area contributed by atoms with E-state index >= 15 is 0 Å². The van der Waals surface area contributed by atoms with Crippen LogP contribution in [0, 0.1) is 0 Å². The largest absolute Gasteiger partial charge is 0.353 e. The quantitative estimate of drug-likeness (QED) is 0.882. The van der Waals surface area contributed by atoms with Gasteiger partial charge in [-0.3, -0.25) is 4.79 Å². The smallest absolute Gasteiger partial charge is 0.256 e. The maximum Gasteiger partial charge on any atom is 0.256 e. The van der Waals surface area contributed by atoms with Gasteiger partial charge in [-0.2, -0.15) is 0 Å². The van der Waals surface area contributed by atoms with Crippen molar-refractivity contribution < 1.29 is 4.79 Å². The summed E-state index contributed by atoms with van der Waals surface area (Å²) in [5.41, 5.74) is 1.53. The average Bonchev–Trinajstić information content (AvgIpc) is 2.68. The molecule has 1 N–H and O–H groups in total. The zero-order valence-electron chi connectivity index (χ0n) is 15.9. The summed E-state index contributed by atoms with van der Waals surface area (Å²) in [5.74, 6) is 1.33. The Labute approximate surface area is 155 Å². The van der Waals surface area contributed by atoms with Crippen LogP contribution in [0.15, 0.2) is 36.5 Å². The van der Waals surface area contributed by atoms with Crippen molar-refractivity contribution in [1.82, 2.24) is 15.3 Å². The van der Waals surface area contributed by atoms with Crippen LogP contribution >= 0.6 is 0 Å². The minimum Gasteiger partial charge on any atom is -0.353 e. The fraction of sp³-hybridized carbons (Fsp3) is 0.476. The van der Waals surface area contributed by atoms with Gasteiger partial charge in [-0.05, 0) is 39.5 Å². The molecule has 1 fully saturated rings. The Morgan fingerprint density at radius 2 is 2.08 bits per heavy atom. The fourth-order valence-electron chi connectivity index (χ4n) is 3.29. The Morgan fingerprint density at radius 1 is 1.31 bits per heavy atom. The summed E-state index contributed by atoms with van der Waals surface area (Å²) in [6.07, 6.45) is 6.05. The molecule has 5 nitrogen and oxygen atoms in total. The highest BCUT2D eigenvalue weighted by Gasteiger charge is 2.26. The normalized spacial score (nSPS) is 18.4. The van der Waals surface area contributed by atoms with Gasteiger partial charge in [0.15, 0.2) is 5.82 Å². The number of rotatable bonds is 5. The molecule has 0 aliphatic carbocycles. The van der Waals surface area contributed by atoms with Crippen LogP contribution in [0.2, 0.25) is 0 Å². The minimum atomic E-state index is -0.0910. The molecule has 0 saturated carbocycles. The molecule has 0 spiro atoms. The van der Waals surface area contributed by atoms with Gasteiger partial charge in [0.1, 0.15) is 11.4 Å². The number of carbonyl (C=O) groups excluding carboxylic acids is 1. The number of amides is 1. The van der Waals surface area contributed by atoms with Crippen LogP contribution in [0.1, 0.15) is 56.8 Å². The van der Waals surface area contributed by atoms with E-state index in [4.69, 9.17) is 4.98 Å². The van der Waals surface area contributed by atoms with Crippen LogP contribution < -0.4 is 10.2 Å². The fourth-order valence-corrected chi connectivity index (χ4v) is 3.29. The highest BCUT2D eigenvalue weighted by molar-refractivity contribution is 5.99.